The van der Waals surface area contributed by atoms with Crippen molar-refractivity contribution in [3.8, 4) is 11.9 Å². The van der Waals surface area contributed by atoms with Crippen molar-refractivity contribution in [3.63, 3.8) is 0 Å². The van der Waals surface area contributed by atoms with Crippen LogP contribution in [0.25, 0.3) is 0 Å². The van der Waals surface area contributed by atoms with Crippen molar-refractivity contribution in [2.75, 3.05) is 31.5 Å². The molecule has 3 fully saturated rings. The van der Waals surface area contributed by atoms with Crippen LogP contribution < -0.4 is 10.1 Å². The molecule has 2 atom stereocenters. The van der Waals surface area contributed by atoms with Gasteiger partial charge in [-0.05, 0) is 50.5 Å². The third-order valence-corrected chi connectivity index (χ3v) is 8.57. The van der Waals surface area contributed by atoms with E-state index in [0.717, 1.165) is 38.0 Å². The summed E-state index contributed by atoms with van der Waals surface area (Å²) in [5, 5.41) is 12.8. The third kappa shape index (κ3) is 6.09. The lowest BCUT2D eigenvalue weighted by atomic mass is 9.81. The summed E-state index contributed by atoms with van der Waals surface area (Å²) in [5.74, 6) is 1.26. The van der Waals surface area contributed by atoms with E-state index >= 15 is 0 Å². The summed E-state index contributed by atoms with van der Waals surface area (Å²) in [4.78, 5) is 26.3. The molecule has 1 amide bonds. The highest BCUT2D eigenvalue weighted by molar-refractivity contribution is 6.33. The number of rotatable bonds is 7. The van der Waals surface area contributed by atoms with E-state index < -0.39 is 0 Å². The van der Waals surface area contributed by atoms with Gasteiger partial charge in [0.1, 0.15) is 23.9 Å². The zero-order valence-corrected chi connectivity index (χ0v) is 24.0. The van der Waals surface area contributed by atoms with E-state index in [4.69, 9.17) is 26.3 Å². The standard InChI is InChI=1S/C31H33ClN6O3/c1-20-28(36-26-9-8-22(13-33)12-25(26)32)34-19-35-29(20)40-27-23-15-37(14-21-6-4-3-5-7-21)16-24(27)18-38(17-23)30(39)41-31(2)10-11-31/h3-9,12,19,23-24,27H,10-11,14-18H2,1-2H3,(H,34,35,36). The maximum atomic E-state index is 13.1. The van der Waals surface area contributed by atoms with E-state index in [1.165, 1.54) is 11.9 Å². The Morgan fingerprint density at radius 3 is 2.51 bits per heavy atom. The molecule has 3 aliphatic rings. The fraction of sp³-hybridized carbons (Fsp3) is 0.419. The number of fused-ring (bicyclic) bond motifs is 2. The molecule has 3 heterocycles. The molecule has 6 rings (SSSR count). The summed E-state index contributed by atoms with van der Waals surface area (Å²) < 4.78 is 12.5. The molecule has 1 N–H and O–H groups in total. The second kappa shape index (κ2) is 11.2. The van der Waals surface area contributed by atoms with Crippen LogP contribution in [0.5, 0.6) is 5.88 Å². The number of hydrogen-bond donors (Lipinski definition) is 1. The predicted octanol–water partition coefficient (Wildman–Crippen LogP) is 5.55. The maximum absolute atomic E-state index is 13.1. The number of ether oxygens (including phenoxy) is 2. The van der Waals surface area contributed by atoms with Gasteiger partial charge in [0.15, 0.2) is 0 Å². The van der Waals surface area contributed by atoms with Gasteiger partial charge in [-0.2, -0.15) is 5.26 Å². The lowest BCUT2D eigenvalue weighted by Gasteiger charge is -2.50. The van der Waals surface area contributed by atoms with Crippen LogP contribution in [-0.2, 0) is 11.3 Å². The second-order valence-electron chi connectivity index (χ2n) is 11.6. The maximum Gasteiger partial charge on any atom is 0.410 e. The molecule has 2 aliphatic heterocycles. The topological polar surface area (TPSA) is 104 Å². The fourth-order valence-corrected chi connectivity index (χ4v) is 6.01. The molecule has 0 spiro atoms. The van der Waals surface area contributed by atoms with Crippen molar-refractivity contribution in [1.29, 1.82) is 5.26 Å². The first-order valence-corrected chi connectivity index (χ1v) is 14.4. The molecule has 10 heteroatoms. The first-order chi connectivity index (χ1) is 19.8. The smallest absolute Gasteiger partial charge is 0.410 e. The molecule has 41 heavy (non-hydrogen) atoms. The normalized spacial score (nSPS) is 22.9. The summed E-state index contributed by atoms with van der Waals surface area (Å²) in [7, 11) is 0. The molecule has 3 aromatic rings. The minimum atomic E-state index is -0.307. The van der Waals surface area contributed by atoms with E-state index in [1.54, 1.807) is 18.2 Å². The lowest BCUT2D eigenvalue weighted by Crippen LogP contribution is -2.62. The van der Waals surface area contributed by atoms with Crippen molar-refractivity contribution in [2.45, 2.75) is 44.9 Å². The highest BCUT2D eigenvalue weighted by atomic mass is 35.5. The Morgan fingerprint density at radius 2 is 1.85 bits per heavy atom. The van der Waals surface area contributed by atoms with Gasteiger partial charge >= 0.3 is 6.09 Å². The average molecular weight is 573 g/mol. The summed E-state index contributed by atoms with van der Waals surface area (Å²) in [6.45, 7) is 7.50. The van der Waals surface area contributed by atoms with E-state index in [0.29, 0.717) is 41.1 Å². The van der Waals surface area contributed by atoms with Crippen molar-refractivity contribution < 1.29 is 14.3 Å². The lowest BCUT2D eigenvalue weighted by molar-refractivity contribution is -0.0687. The first-order valence-electron chi connectivity index (χ1n) is 14.0. The SMILES string of the molecule is Cc1c(Nc2ccc(C#N)cc2Cl)ncnc1OC1C2CN(Cc3ccccc3)CC1CN(C(=O)OC1(C)CC1)C2. The molecule has 0 radical (unpaired) electrons. The number of carbonyl (C=O) groups excluding carboxylic acids is 1. The number of nitrogens with zero attached hydrogens (tertiary/aromatic N) is 5. The van der Waals surface area contributed by atoms with Gasteiger partial charge in [0.05, 0.1) is 27.9 Å². The van der Waals surface area contributed by atoms with Gasteiger partial charge in [0, 0.05) is 44.6 Å². The molecule has 2 unspecified atom stereocenters. The number of nitriles is 1. The monoisotopic (exact) mass is 572 g/mol. The van der Waals surface area contributed by atoms with Crippen molar-refractivity contribution in [3.05, 3.63) is 76.6 Å². The van der Waals surface area contributed by atoms with E-state index in [1.807, 2.05) is 24.8 Å². The zero-order chi connectivity index (χ0) is 28.6. The van der Waals surface area contributed by atoms with Crippen molar-refractivity contribution in [2.24, 2.45) is 11.8 Å². The summed E-state index contributed by atoms with van der Waals surface area (Å²) in [5.41, 5.74) is 2.85. The molecule has 1 saturated carbocycles. The largest absolute Gasteiger partial charge is 0.473 e. The van der Waals surface area contributed by atoms with Crippen LogP contribution in [0.1, 0.15) is 36.5 Å². The van der Waals surface area contributed by atoms with Crippen LogP contribution in [0.2, 0.25) is 5.02 Å². The van der Waals surface area contributed by atoms with Crippen LogP contribution >= 0.6 is 11.6 Å². The Hall–Kier alpha value is -3.87. The minimum absolute atomic E-state index is 0.0875. The Balaban J connectivity index is 1.20. The molecule has 1 aliphatic carbocycles. The van der Waals surface area contributed by atoms with Gasteiger partial charge in [-0.25, -0.2) is 14.8 Å². The Morgan fingerprint density at radius 1 is 1.12 bits per heavy atom. The molecule has 212 valence electrons. The number of halogens is 1. The van der Waals surface area contributed by atoms with Gasteiger partial charge in [-0.1, -0.05) is 41.9 Å². The van der Waals surface area contributed by atoms with E-state index in [2.05, 4.69) is 50.5 Å². The summed E-state index contributed by atoms with van der Waals surface area (Å²) in [6.07, 6.45) is 2.99. The Bertz CT molecular complexity index is 1460. The number of carbonyl (C=O) groups is 1. The molecule has 2 bridgehead atoms. The number of likely N-dealkylation sites (tertiary alicyclic amines) is 2. The Kier molecular flexibility index (Phi) is 7.45. The quantitative estimate of drug-likeness (QED) is 0.393. The number of amides is 1. The number of piperidine rings is 2. The average Bonchev–Trinajstić information content (AvgIpc) is 3.68. The van der Waals surface area contributed by atoms with Crippen LogP contribution in [0, 0.1) is 30.1 Å². The van der Waals surface area contributed by atoms with E-state index in [9.17, 15) is 4.79 Å². The van der Waals surface area contributed by atoms with Crippen LogP contribution in [-0.4, -0.2) is 63.7 Å². The summed E-state index contributed by atoms with van der Waals surface area (Å²) in [6, 6.07) is 17.6. The van der Waals surface area contributed by atoms with Crippen molar-refractivity contribution >= 4 is 29.2 Å². The minimum Gasteiger partial charge on any atom is -0.473 e. The molecular weight excluding hydrogens is 540 g/mol. The predicted molar refractivity (Wildman–Crippen MR) is 155 cm³/mol. The van der Waals surface area contributed by atoms with Crippen molar-refractivity contribution in [1.82, 2.24) is 19.8 Å². The molecule has 9 nitrogen and oxygen atoms in total. The van der Waals surface area contributed by atoms with Gasteiger partial charge in [-0.15, -0.1) is 0 Å². The molecule has 2 aromatic carbocycles. The molecule has 2 saturated heterocycles. The third-order valence-electron chi connectivity index (χ3n) is 8.26. The Labute approximate surface area is 245 Å². The fourth-order valence-electron chi connectivity index (χ4n) is 5.78. The van der Waals surface area contributed by atoms with Gasteiger partial charge < -0.3 is 19.7 Å². The number of benzene rings is 2. The first kappa shape index (κ1) is 27.3. The van der Waals surface area contributed by atoms with E-state index in [-0.39, 0.29) is 29.6 Å². The number of nitrogens with one attached hydrogen (secondary N) is 1. The summed E-state index contributed by atoms with van der Waals surface area (Å²) >= 11 is 6.39. The zero-order valence-electron chi connectivity index (χ0n) is 23.2. The van der Waals surface area contributed by atoms with Gasteiger partial charge in [-0.3, -0.25) is 4.90 Å². The molecular formula is C31H33ClN6O3. The second-order valence-corrected chi connectivity index (χ2v) is 12.0. The number of hydrogen-bond acceptors (Lipinski definition) is 8. The van der Waals surface area contributed by atoms with Gasteiger partial charge in [0.2, 0.25) is 5.88 Å². The van der Waals surface area contributed by atoms with Crippen LogP contribution in [0.3, 0.4) is 0 Å². The number of aromatic nitrogens is 2. The number of anilines is 2. The van der Waals surface area contributed by atoms with Gasteiger partial charge in [0.25, 0.3) is 0 Å². The highest BCUT2D eigenvalue weighted by Crippen LogP contribution is 2.40. The highest BCUT2D eigenvalue weighted by Gasteiger charge is 2.48. The van der Waals surface area contributed by atoms with Crippen LogP contribution in [0.4, 0.5) is 16.3 Å². The van der Waals surface area contributed by atoms with Crippen LogP contribution in [0.15, 0.2) is 54.9 Å². The molecule has 1 aromatic heterocycles.